The maximum atomic E-state index is 12.3. The van der Waals surface area contributed by atoms with Crippen LogP contribution in [-0.4, -0.2) is 25.5 Å². The van der Waals surface area contributed by atoms with E-state index in [-0.39, 0.29) is 17.1 Å². The van der Waals surface area contributed by atoms with Gasteiger partial charge in [0, 0.05) is 36.7 Å². The van der Waals surface area contributed by atoms with Gasteiger partial charge in [-0.25, -0.2) is 0 Å². The van der Waals surface area contributed by atoms with Crippen LogP contribution in [0.3, 0.4) is 0 Å². The predicted octanol–water partition coefficient (Wildman–Crippen LogP) is 2.53. The zero-order valence-corrected chi connectivity index (χ0v) is 11.8. The molecule has 1 aromatic carbocycles. The van der Waals surface area contributed by atoms with Crippen LogP contribution in [0.2, 0.25) is 0 Å². The summed E-state index contributed by atoms with van der Waals surface area (Å²) in [7, 11) is 0. The number of ether oxygens (including phenoxy) is 1. The van der Waals surface area contributed by atoms with E-state index in [0.717, 1.165) is 18.4 Å². The van der Waals surface area contributed by atoms with Gasteiger partial charge in [-0.2, -0.15) is 0 Å². The molecule has 3 heteroatoms. The molecule has 0 radical (unpaired) electrons. The summed E-state index contributed by atoms with van der Waals surface area (Å²) in [6.07, 6.45) is 1.68. The van der Waals surface area contributed by atoms with Gasteiger partial charge in [0.05, 0.1) is 0 Å². The highest BCUT2D eigenvalue weighted by Crippen LogP contribution is 2.24. The first-order chi connectivity index (χ1) is 9.04. The van der Waals surface area contributed by atoms with Crippen LogP contribution >= 0.6 is 0 Å². The lowest BCUT2D eigenvalue weighted by Crippen LogP contribution is -2.28. The largest absolute Gasteiger partial charge is 0.381 e. The maximum Gasteiger partial charge on any atom is 0.166 e. The molecular formula is C16H23NO2. The fourth-order valence-electron chi connectivity index (χ4n) is 2.40. The zero-order chi connectivity index (χ0) is 13.9. The van der Waals surface area contributed by atoms with E-state index in [1.165, 1.54) is 5.56 Å². The van der Waals surface area contributed by atoms with E-state index in [1.54, 1.807) is 0 Å². The molecule has 0 atom stereocenters. The third-order valence-corrected chi connectivity index (χ3v) is 4.05. The van der Waals surface area contributed by atoms with Crippen molar-refractivity contribution in [2.75, 3.05) is 19.8 Å². The van der Waals surface area contributed by atoms with E-state index in [2.05, 4.69) is 13.8 Å². The highest BCUT2D eigenvalue weighted by Gasteiger charge is 2.23. The molecular weight excluding hydrogens is 238 g/mol. The van der Waals surface area contributed by atoms with Crippen molar-refractivity contribution in [3.05, 3.63) is 35.4 Å². The molecule has 0 unspecified atom stereocenters. The Morgan fingerprint density at radius 2 is 1.84 bits per heavy atom. The molecule has 104 valence electrons. The number of nitrogens with two attached hydrogens (primary N) is 1. The van der Waals surface area contributed by atoms with Gasteiger partial charge in [-0.05, 0) is 18.4 Å². The van der Waals surface area contributed by atoms with E-state index in [4.69, 9.17) is 10.5 Å². The lowest BCUT2D eigenvalue weighted by Gasteiger charge is -2.24. The first kappa shape index (κ1) is 14.2. The van der Waals surface area contributed by atoms with Crippen molar-refractivity contribution in [2.24, 2.45) is 11.7 Å². The molecule has 1 heterocycles. The molecule has 0 amide bonds. The molecule has 3 nitrogen and oxygen atoms in total. The van der Waals surface area contributed by atoms with E-state index < -0.39 is 0 Å². The number of hydrogen-bond acceptors (Lipinski definition) is 3. The Balaban J connectivity index is 2.11. The summed E-state index contributed by atoms with van der Waals surface area (Å²) < 4.78 is 5.30. The van der Waals surface area contributed by atoms with Gasteiger partial charge in [0.25, 0.3) is 0 Å². The van der Waals surface area contributed by atoms with Crippen molar-refractivity contribution in [1.29, 1.82) is 0 Å². The van der Waals surface area contributed by atoms with Crippen molar-refractivity contribution in [3.63, 3.8) is 0 Å². The average molecular weight is 261 g/mol. The number of rotatable bonds is 4. The fraction of sp³-hybridized carbons (Fsp3) is 0.562. The Labute approximate surface area is 115 Å². The zero-order valence-electron chi connectivity index (χ0n) is 11.8. The van der Waals surface area contributed by atoms with Crippen LogP contribution in [0.1, 0.15) is 42.6 Å². The van der Waals surface area contributed by atoms with Crippen molar-refractivity contribution in [3.8, 4) is 0 Å². The second-order valence-corrected chi connectivity index (χ2v) is 5.92. The number of carbonyl (C=O) groups is 1. The third-order valence-electron chi connectivity index (χ3n) is 4.05. The summed E-state index contributed by atoms with van der Waals surface area (Å²) in [6, 6.07) is 7.92. The highest BCUT2D eigenvalue weighted by molar-refractivity contribution is 5.97. The Hall–Kier alpha value is -1.19. The Morgan fingerprint density at radius 1 is 1.26 bits per heavy atom. The second kappa shape index (κ2) is 5.85. The molecule has 0 saturated carbocycles. The van der Waals surface area contributed by atoms with Crippen LogP contribution in [0.4, 0.5) is 0 Å². The minimum absolute atomic E-state index is 0.0414. The standard InChI is InChI=1S/C16H23NO2/c1-16(2,11-17)14-5-3-12(4-6-14)15(18)13-7-9-19-10-8-13/h3-6,13H,7-11,17H2,1-2H3. The van der Waals surface area contributed by atoms with Crippen molar-refractivity contribution < 1.29 is 9.53 Å². The third kappa shape index (κ3) is 3.23. The number of benzene rings is 1. The maximum absolute atomic E-state index is 12.3. The molecule has 1 aromatic rings. The van der Waals surface area contributed by atoms with Crippen molar-refractivity contribution >= 4 is 5.78 Å². The Kier molecular flexibility index (Phi) is 4.38. The minimum Gasteiger partial charge on any atom is -0.381 e. The van der Waals surface area contributed by atoms with Gasteiger partial charge in [0.1, 0.15) is 0 Å². The molecule has 2 N–H and O–H groups in total. The molecule has 1 fully saturated rings. The van der Waals surface area contributed by atoms with Crippen LogP contribution in [0.5, 0.6) is 0 Å². The van der Waals surface area contributed by atoms with Crippen LogP contribution in [-0.2, 0) is 10.2 Å². The molecule has 1 aliphatic rings. The van der Waals surface area contributed by atoms with Crippen LogP contribution in [0.25, 0.3) is 0 Å². The second-order valence-electron chi connectivity index (χ2n) is 5.92. The van der Waals surface area contributed by atoms with Crippen LogP contribution in [0, 0.1) is 5.92 Å². The first-order valence-electron chi connectivity index (χ1n) is 6.97. The van der Waals surface area contributed by atoms with Crippen LogP contribution < -0.4 is 5.73 Å². The van der Waals surface area contributed by atoms with E-state index in [0.29, 0.717) is 19.8 Å². The molecule has 1 aliphatic heterocycles. The average Bonchev–Trinajstić information content (AvgIpc) is 2.47. The monoisotopic (exact) mass is 261 g/mol. The van der Waals surface area contributed by atoms with Gasteiger partial charge in [0.15, 0.2) is 5.78 Å². The van der Waals surface area contributed by atoms with Crippen molar-refractivity contribution in [1.82, 2.24) is 0 Å². The van der Waals surface area contributed by atoms with Gasteiger partial charge in [0.2, 0.25) is 0 Å². The smallest absolute Gasteiger partial charge is 0.166 e. The normalized spacial score (nSPS) is 17.4. The molecule has 0 aromatic heterocycles. The molecule has 0 spiro atoms. The number of hydrogen-bond donors (Lipinski definition) is 1. The molecule has 0 aliphatic carbocycles. The van der Waals surface area contributed by atoms with E-state index in [1.807, 2.05) is 24.3 Å². The van der Waals surface area contributed by atoms with Gasteiger partial charge in [-0.15, -0.1) is 0 Å². The van der Waals surface area contributed by atoms with E-state index >= 15 is 0 Å². The lowest BCUT2D eigenvalue weighted by molar-refractivity contribution is 0.0545. The predicted molar refractivity (Wildman–Crippen MR) is 76.4 cm³/mol. The van der Waals surface area contributed by atoms with Gasteiger partial charge < -0.3 is 10.5 Å². The summed E-state index contributed by atoms with van der Waals surface area (Å²) in [6.45, 7) is 6.23. The molecule has 2 rings (SSSR count). The fourth-order valence-corrected chi connectivity index (χ4v) is 2.40. The van der Waals surface area contributed by atoms with Gasteiger partial charge in [-0.3, -0.25) is 4.79 Å². The Morgan fingerprint density at radius 3 is 2.37 bits per heavy atom. The number of carbonyl (C=O) groups excluding carboxylic acids is 1. The summed E-state index contributed by atoms with van der Waals surface area (Å²) in [5.41, 5.74) is 7.72. The first-order valence-corrected chi connectivity index (χ1v) is 6.97. The topological polar surface area (TPSA) is 52.3 Å². The molecule has 1 saturated heterocycles. The van der Waals surface area contributed by atoms with Crippen LogP contribution in [0.15, 0.2) is 24.3 Å². The summed E-state index contributed by atoms with van der Waals surface area (Å²) in [5.74, 6) is 0.377. The lowest BCUT2D eigenvalue weighted by atomic mass is 9.83. The molecule has 19 heavy (non-hydrogen) atoms. The van der Waals surface area contributed by atoms with Crippen molar-refractivity contribution in [2.45, 2.75) is 32.1 Å². The Bertz CT molecular complexity index is 431. The highest BCUT2D eigenvalue weighted by atomic mass is 16.5. The van der Waals surface area contributed by atoms with E-state index in [9.17, 15) is 4.79 Å². The van der Waals surface area contributed by atoms with Gasteiger partial charge in [-0.1, -0.05) is 38.1 Å². The summed E-state index contributed by atoms with van der Waals surface area (Å²) >= 11 is 0. The number of ketones is 1. The summed E-state index contributed by atoms with van der Waals surface area (Å²) in [5, 5.41) is 0. The van der Waals surface area contributed by atoms with Gasteiger partial charge >= 0.3 is 0 Å². The quantitative estimate of drug-likeness (QED) is 0.847. The summed E-state index contributed by atoms with van der Waals surface area (Å²) in [4.78, 5) is 12.3. The minimum atomic E-state index is -0.0414. The SMILES string of the molecule is CC(C)(CN)c1ccc(C(=O)C2CCOCC2)cc1. The number of Topliss-reactive ketones (excluding diaryl/α,β-unsaturated/α-hetero) is 1. The molecule has 0 bridgehead atoms.